The van der Waals surface area contributed by atoms with E-state index in [0.717, 1.165) is 29.0 Å². The van der Waals surface area contributed by atoms with Gasteiger partial charge in [-0.1, -0.05) is 18.2 Å². The van der Waals surface area contributed by atoms with Gasteiger partial charge in [0, 0.05) is 26.4 Å². The first-order valence-corrected chi connectivity index (χ1v) is 10.5. The molecule has 8 heteroatoms. The zero-order valence-electron chi connectivity index (χ0n) is 15.4. The van der Waals surface area contributed by atoms with Crippen molar-refractivity contribution in [3.8, 4) is 11.5 Å². The first-order chi connectivity index (χ1) is 13.0. The molecule has 0 spiro atoms. The summed E-state index contributed by atoms with van der Waals surface area (Å²) in [7, 11) is -1.46. The van der Waals surface area contributed by atoms with Gasteiger partial charge in [0.1, 0.15) is 0 Å². The van der Waals surface area contributed by atoms with E-state index in [1.54, 1.807) is 31.3 Å². The zero-order chi connectivity index (χ0) is 19.3. The summed E-state index contributed by atoms with van der Waals surface area (Å²) < 4.78 is 33.7. The topological polar surface area (TPSA) is 89.0 Å². The second-order valence-corrected chi connectivity index (χ2v) is 8.22. The van der Waals surface area contributed by atoms with Crippen molar-refractivity contribution in [2.75, 3.05) is 26.6 Å². The van der Waals surface area contributed by atoms with Gasteiger partial charge in [-0.05, 0) is 41.8 Å². The Labute approximate surface area is 159 Å². The van der Waals surface area contributed by atoms with Crippen LogP contribution in [0.4, 0.5) is 0 Å². The lowest BCUT2D eigenvalue weighted by molar-refractivity contribution is 0.174. The van der Waals surface area contributed by atoms with Crippen LogP contribution < -0.4 is 20.1 Å². The van der Waals surface area contributed by atoms with Crippen LogP contribution in [0.15, 0.2) is 52.4 Å². The van der Waals surface area contributed by atoms with Crippen LogP contribution in [0.3, 0.4) is 0 Å². The molecule has 1 heterocycles. The molecule has 144 valence electrons. The Kier molecular flexibility index (Phi) is 5.85. The molecule has 27 heavy (non-hydrogen) atoms. The molecule has 0 saturated carbocycles. The third kappa shape index (κ3) is 5.13. The number of fused-ring (bicyclic) bond motifs is 1. The Morgan fingerprint density at radius 1 is 1.04 bits per heavy atom. The number of aliphatic imine (C=N–C) groups is 1. The van der Waals surface area contributed by atoms with Crippen LogP contribution in [0.5, 0.6) is 11.5 Å². The molecule has 1 aliphatic rings. The van der Waals surface area contributed by atoms with E-state index in [2.05, 4.69) is 15.6 Å². The van der Waals surface area contributed by atoms with Gasteiger partial charge in [-0.25, -0.2) is 8.42 Å². The van der Waals surface area contributed by atoms with Gasteiger partial charge in [-0.3, -0.25) is 4.99 Å². The summed E-state index contributed by atoms with van der Waals surface area (Å²) in [5, 5.41) is 6.48. The van der Waals surface area contributed by atoms with Gasteiger partial charge in [0.25, 0.3) is 0 Å². The lowest BCUT2D eigenvalue weighted by Crippen LogP contribution is -2.37. The number of nitrogens with zero attached hydrogens (tertiary/aromatic N) is 1. The van der Waals surface area contributed by atoms with Gasteiger partial charge in [0.05, 0.1) is 4.90 Å². The van der Waals surface area contributed by atoms with E-state index in [9.17, 15) is 8.42 Å². The lowest BCUT2D eigenvalue weighted by Gasteiger charge is -2.12. The Morgan fingerprint density at radius 2 is 1.74 bits per heavy atom. The molecule has 0 aromatic heterocycles. The molecule has 0 radical (unpaired) electrons. The molecule has 0 saturated heterocycles. The largest absolute Gasteiger partial charge is 0.454 e. The molecule has 2 aromatic rings. The number of benzene rings is 2. The van der Waals surface area contributed by atoms with Crippen molar-refractivity contribution in [2.45, 2.75) is 17.9 Å². The van der Waals surface area contributed by atoms with Crippen molar-refractivity contribution < 1.29 is 17.9 Å². The molecule has 0 amide bonds. The number of hydrogen-bond acceptors (Lipinski definition) is 5. The summed E-state index contributed by atoms with van der Waals surface area (Å²) >= 11 is 0. The maximum atomic E-state index is 11.5. The summed E-state index contributed by atoms with van der Waals surface area (Å²) in [6.45, 7) is 1.54. The Morgan fingerprint density at radius 3 is 2.44 bits per heavy atom. The van der Waals surface area contributed by atoms with Crippen LogP contribution in [0.25, 0.3) is 0 Å². The Hall–Kier alpha value is -2.74. The van der Waals surface area contributed by atoms with Crippen molar-refractivity contribution in [1.82, 2.24) is 10.6 Å². The molecule has 2 N–H and O–H groups in total. The van der Waals surface area contributed by atoms with Crippen LogP contribution in [-0.4, -0.2) is 41.0 Å². The first-order valence-electron chi connectivity index (χ1n) is 8.58. The quantitative estimate of drug-likeness (QED) is 0.578. The minimum absolute atomic E-state index is 0.277. The summed E-state index contributed by atoms with van der Waals surface area (Å²) in [5.41, 5.74) is 2.12. The number of nitrogens with one attached hydrogen (secondary N) is 2. The maximum Gasteiger partial charge on any atom is 0.231 e. The average molecular weight is 389 g/mol. The number of sulfone groups is 1. The SMILES string of the molecule is CN=C(NCCc1ccc2c(c1)OCO2)NCc1ccc(S(C)(=O)=O)cc1. The molecule has 0 unspecified atom stereocenters. The van der Waals surface area contributed by atoms with E-state index in [1.807, 2.05) is 18.2 Å². The van der Waals surface area contributed by atoms with Gasteiger partial charge in [-0.15, -0.1) is 0 Å². The highest BCUT2D eigenvalue weighted by atomic mass is 32.2. The first kappa shape index (κ1) is 19.0. The molecule has 7 nitrogen and oxygen atoms in total. The fourth-order valence-electron chi connectivity index (χ4n) is 2.68. The summed E-state index contributed by atoms with van der Waals surface area (Å²) in [6.07, 6.45) is 2.02. The van der Waals surface area contributed by atoms with Crippen LogP contribution in [0.1, 0.15) is 11.1 Å². The van der Waals surface area contributed by atoms with Crippen molar-refractivity contribution >= 4 is 15.8 Å². The third-order valence-corrected chi connectivity index (χ3v) is 5.31. The molecule has 2 aromatic carbocycles. The lowest BCUT2D eigenvalue weighted by atomic mass is 10.1. The third-order valence-electron chi connectivity index (χ3n) is 4.18. The van der Waals surface area contributed by atoms with E-state index in [4.69, 9.17) is 9.47 Å². The Balaban J connectivity index is 1.47. The second-order valence-electron chi connectivity index (χ2n) is 6.21. The zero-order valence-corrected chi connectivity index (χ0v) is 16.2. The van der Waals surface area contributed by atoms with E-state index < -0.39 is 9.84 Å². The van der Waals surface area contributed by atoms with E-state index in [-0.39, 0.29) is 6.79 Å². The summed E-state index contributed by atoms with van der Waals surface area (Å²) in [4.78, 5) is 4.52. The molecular formula is C19H23N3O4S. The van der Waals surface area contributed by atoms with Crippen molar-refractivity contribution in [3.05, 3.63) is 53.6 Å². The standard InChI is InChI=1S/C19H23N3O4S/c1-20-19(22-12-15-3-6-16(7-4-15)27(2,23)24)21-10-9-14-5-8-17-18(11-14)26-13-25-17/h3-8,11H,9-10,12-13H2,1-2H3,(H2,20,21,22). The minimum atomic E-state index is -3.17. The van der Waals surface area contributed by atoms with Gasteiger partial charge < -0.3 is 20.1 Å². The van der Waals surface area contributed by atoms with E-state index >= 15 is 0 Å². The van der Waals surface area contributed by atoms with Crippen LogP contribution >= 0.6 is 0 Å². The molecule has 0 atom stereocenters. The van der Waals surface area contributed by atoms with Crippen molar-refractivity contribution in [2.24, 2.45) is 4.99 Å². The van der Waals surface area contributed by atoms with Crippen LogP contribution in [0.2, 0.25) is 0 Å². The monoisotopic (exact) mass is 389 g/mol. The normalized spacial score (nSPS) is 13.5. The van der Waals surface area contributed by atoms with E-state index in [0.29, 0.717) is 23.9 Å². The summed E-state index contributed by atoms with van der Waals surface area (Å²) in [6, 6.07) is 12.8. The summed E-state index contributed by atoms with van der Waals surface area (Å²) in [5.74, 6) is 2.25. The average Bonchev–Trinajstić information content (AvgIpc) is 3.12. The van der Waals surface area contributed by atoms with Crippen LogP contribution in [-0.2, 0) is 22.8 Å². The van der Waals surface area contributed by atoms with Crippen molar-refractivity contribution in [1.29, 1.82) is 0 Å². The highest BCUT2D eigenvalue weighted by molar-refractivity contribution is 7.90. The van der Waals surface area contributed by atoms with E-state index in [1.165, 1.54) is 6.26 Å². The van der Waals surface area contributed by atoms with Crippen LogP contribution in [0, 0.1) is 0 Å². The molecule has 3 rings (SSSR count). The Bertz CT molecular complexity index is 924. The number of ether oxygens (including phenoxy) is 2. The smallest absolute Gasteiger partial charge is 0.231 e. The fraction of sp³-hybridized carbons (Fsp3) is 0.316. The predicted molar refractivity (Wildman–Crippen MR) is 104 cm³/mol. The number of hydrogen-bond donors (Lipinski definition) is 2. The maximum absolute atomic E-state index is 11.5. The predicted octanol–water partition coefficient (Wildman–Crippen LogP) is 1.73. The molecule has 0 fully saturated rings. The van der Waals surface area contributed by atoms with Gasteiger partial charge in [-0.2, -0.15) is 0 Å². The molecule has 0 bridgehead atoms. The highest BCUT2D eigenvalue weighted by Gasteiger charge is 2.13. The highest BCUT2D eigenvalue weighted by Crippen LogP contribution is 2.32. The molecule has 1 aliphatic heterocycles. The van der Waals surface area contributed by atoms with Crippen molar-refractivity contribution in [3.63, 3.8) is 0 Å². The number of rotatable bonds is 6. The van der Waals surface area contributed by atoms with Gasteiger partial charge >= 0.3 is 0 Å². The minimum Gasteiger partial charge on any atom is -0.454 e. The number of guanidine groups is 1. The second kappa shape index (κ2) is 8.30. The molecular weight excluding hydrogens is 366 g/mol. The molecule has 0 aliphatic carbocycles. The fourth-order valence-corrected chi connectivity index (χ4v) is 3.31. The van der Waals surface area contributed by atoms with Gasteiger partial charge in [0.15, 0.2) is 27.3 Å². The van der Waals surface area contributed by atoms with Gasteiger partial charge in [0.2, 0.25) is 6.79 Å².